The molecule has 2 aliphatic heterocycles. The van der Waals surface area contributed by atoms with Gasteiger partial charge < -0.3 is 29.9 Å². The summed E-state index contributed by atoms with van der Waals surface area (Å²) in [6.45, 7) is 3.65. The number of nitrogens with zero attached hydrogens (tertiary/aromatic N) is 1. The number of carbonyl (C=O) groups excluding carboxylic acids is 1. The molecule has 0 aromatic heterocycles. The molecule has 3 N–H and O–H groups in total. The van der Waals surface area contributed by atoms with Crippen molar-refractivity contribution in [2.75, 3.05) is 46.0 Å². The van der Waals surface area contributed by atoms with Crippen LogP contribution in [-0.4, -0.2) is 73.1 Å². The van der Waals surface area contributed by atoms with Crippen LogP contribution in [-0.2, 0) is 0 Å². The van der Waals surface area contributed by atoms with Gasteiger partial charge in [-0.2, -0.15) is 0 Å². The number of β-amino-alcohol motifs (C(OH)–C–C–N with tert-alkyl or cyclic N) is 1. The summed E-state index contributed by atoms with van der Waals surface area (Å²) in [5.74, 6) is 0.528. The molecule has 2 heterocycles. The Labute approximate surface area is 178 Å². The molecule has 0 saturated carbocycles. The van der Waals surface area contributed by atoms with Crippen LogP contribution >= 0.6 is 27.5 Å². The predicted molar refractivity (Wildman–Crippen MR) is 109 cm³/mol. The number of likely N-dealkylation sites (tertiary alicyclic amines) is 1. The molecule has 0 bridgehead atoms. The third kappa shape index (κ3) is 5.10. The van der Waals surface area contributed by atoms with Crippen LogP contribution in [0.25, 0.3) is 0 Å². The first-order valence-electron chi connectivity index (χ1n) is 9.58. The maximum atomic E-state index is 12.8. The van der Waals surface area contributed by atoms with Gasteiger partial charge >= 0.3 is 0 Å². The molecule has 0 unspecified atom stereocenters. The molecule has 1 aromatic rings. The quantitative estimate of drug-likeness (QED) is 0.581. The first-order chi connectivity index (χ1) is 13.5. The summed E-state index contributed by atoms with van der Waals surface area (Å²) in [4.78, 5) is 14.9. The number of amides is 1. The molecule has 0 spiro atoms. The van der Waals surface area contributed by atoms with Crippen LogP contribution in [0.5, 0.6) is 11.5 Å². The number of hydrogen-bond donors (Lipinski definition) is 3. The molecule has 1 amide bonds. The van der Waals surface area contributed by atoms with Crippen molar-refractivity contribution in [3.8, 4) is 11.5 Å². The summed E-state index contributed by atoms with van der Waals surface area (Å²) in [5.41, 5.74) is 0.333. The second kappa shape index (κ2) is 10.1. The summed E-state index contributed by atoms with van der Waals surface area (Å²) >= 11 is 9.65. The summed E-state index contributed by atoms with van der Waals surface area (Å²) in [5, 5.41) is 22.6. The lowest BCUT2D eigenvalue weighted by atomic mass is 9.93. The van der Waals surface area contributed by atoms with Crippen molar-refractivity contribution in [3.05, 3.63) is 21.1 Å². The van der Waals surface area contributed by atoms with Crippen LogP contribution in [0, 0.1) is 5.92 Å². The average Bonchev–Trinajstić information content (AvgIpc) is 2.94. The van der Waals surface area contributed by atoms with Crippen molar-refractivity contribution in [1.29, 1.82) is 0 Å². The van der Waals surface area contributed by atoms with Gasteiger partial charge in [-0.15, -0.1) is 0 Å². The number of carbonyl (C=O) groups is 1. The number of hydrogen-bond acceptors (Lipinski definition) is 6. The zero-order chi connectivity index (χ0) is 20.1. The van der Waals surface area contributed by atoms with Gasteiger partial charge in [0.15, 0.2) is 11.5 Å². The van der Waals surface area contributed by atoms with Crippen molar-refractivity contribution in [3.63, 3.8) is 0 Å². The fourth-order valence-corrected chi connectivity index (χ4v) is 4.14. The van der Waals surface area contributed by atoms with Gasteiger partial charge in [0, 0.05) is 38.6 Å². The van der Waals surface area contributed by atoms with Crippen LogP contribution in [0.2, 0.25) is 5.02 Å². The van der Waals surface area contributed by atoms with E-state index in [1.165, 1.54) is 0 Å². The van der Waals surface area contributed by atoms with Crippen LogP contribution in [0.15, 0.2) is 10.5 Å². The van der Waals surface area contributed by atoms with Crippen LogP contribution in [0.1, 0.15) is 29.6 Å². The van der Waals surface area contributed by atoms with Gasteiger partial charge in [-0.1, -0.05) is 11.6 Å². The number of piperidine rings is 1. The number of aliphatic hydroxyl groups excluding tert-OH is 2. The average molecular weight is 478 g/mol. The number of rotatable bonds is 6. The maximum absolute atomic E-state index is 12.8. The third-order valence-electron chi connectivity index (χ3n) is 5.12. The van der Waals surface area contributed by atoms with Crippen molar-refractivity contribution >= 4 is 33.4 Å². The zero-order valence-electron chi connectivity index (χ0n) is 15.6. The van der Waals surface area contributed by atoms with Gasteiger partial charge in [-0.3, -0.25) is 4.79 Å². The second-order valence-corrected chi connectivity index (χ2v) is 8.33. The largest absolute Gasteiger partial charge is 0.489 e. The lowest BCUT2D eigenvalue weighted by Gasteiger charge is -2.36. The van der Waals surface area contributed by atoms with Gasteiger partial charge in [0.2, 0.25) is 0 Å². The number of aliphatic hydroxyl groups is 2. The number of fused-ring (bicyclic) bond motifs is 1. The summed E-state index contributed by atoms with van der Waals surface area (Å²) in [7, 11) is 0. The SMILES string of the molecule is O=C(NC[C@@H]1CCN(CCCO)C[C@H]1O)c1cc(Cl)c(Br)c2c1OCCCO2. The molecule has 0 radical (unpaired) electrons. The van der Waals surface area contributed by atoms with Gasteiger partial charge in [-0.25, -0.2) is 0 Å². The smallest absolute Gasteiger partial charge is 0.255 e. The fraction of sp³-hybridized carbons (Fsp3) is 0.632. The fourth-order valence-electron chi connectivity index (χ4n) is 3.53. The number of halogens is 2. The molecule has 1 saturated heterocycles. The van der Waals surface area contributed by atoms with E-state index in [0.717, 1.165) is 25.9 Å². The highest BCUT2D eigenvalue weighted by atomic mass is 79.9. The van der Waals surface area contributed by atoms with E-state index < -0.39 is 6.10 Å². The second-order valence-electron chi connectivity index (χ2n) is 7.13. The first-order valence-corrected chi connectivity index (χ1v) is 10.8. The van der Waals surface area contributed by atoms with Crippen molar-refractivity contribution in [1.82, 2.24) is 10.2 Å². The van der Waals surface area contributed by atoms with E-state index >= 15 is 0 Å². The van der Waals surface area contributed by atoms with Gasteiger partial charge in [0.25, 0.3) is 5.91 Å². The van der Waals surface area contributed by atoms with E-state index in [2.05, 4.69) is 26.1 Å². The first kappa shape index (κ1) is 21.6. The minimum atomic E-state index is -0.516. The normalized spacial score (nSPS) is 22.6. The Morgan fingerprint density at radius 1 is 1.36 bits per heavy atom. The highest BCUT2D eigenvalue weighted by Crippen LogP contribution is 2.44. The van der Waals surface area contributed by atoms with E-state index in [0.29, 0.717) is 59.3 Å². The molecular weight excluding hydrogens is 452 g/mol. The van der Waals surface area contributed by atoms with Gasteiger partial charge in [-0.05, 0) is 41.4 Å². The van der Waals surface area contributed by atoms with Crippen molar-refractivity contribution in [2.45, 2.75) is 25.4 Å². The Bertz CT molecular complexity index is 705. The molecule has 7 nitrogen and oxygen atoms in total. The Hall–Kier alpha value is -1.06. The Morgan fingerprint density at radius 3 is 2.82 bits per heavy atom. The Morgan fingerprint density at radius 2 is 2.11 bits per heavy atom. The minimum Gasteiger partial charge on any atom is -0.489 e. The molecule has 9 heteroatoms. The molecule has 156 valence electrons. The van der Waals surface area contributed by atoms with Crippen LogP contribution in [0.4, 0.5) is 0 Å². The topological polar surface area (TPSA) is 91.3 Å². The van der Waals surface area contributed by atoms with E-state index in [4.69, 9.17) is 26.2 Å². The van der Waals surface area contributed by atoms with Crippen LogP contribution in [0.3, 0.4) is 0 Å². The summed E-state index contributed by atoms with van der Waals surface area (Å²) < 4.78 is 12.0. The zero-order valence-corrected chi connectivity index (χ0v) is 18.0. The molecule has 28 heavy (non-hydrogen) atoms. The third-order valence-corrected chi connectivity index (χ3v) is 6.43. The standard InChI is InChI=1S/C19H26BrClN2O5/c20-16-14(21)9-13(17-18(16)28-8-2-7-27-17)19(26)22-10-12-3-5-23(4-1-6-24)11-15(12)25/h9,12,15,24-25H,1-8,10-11H2,(H,22,26)/t12-,15+/m0/s1. The maximum Gasteiger partial charge on any atom is 0.255 e. The molecule has 3 rings (SSSR count). The predicted octanol–water partition coefficient (Wildman–Crippen LogP) is 2.06. The molecule has 1 fully saturated rings. The van der Waals surface area contributed by atoms with Crippen molar-refractivity contribution < 1.29 is 24.5 Å². The highest BCUT2D eigenvalue weighted by Gasteiger charge is 2.29. The minimum absolute atomic E-state index is 0.0176. The van der Waals surface area contributed by atoms with E-state index in [-0.39, 0.29) is 18.4 Å². The van der Waals surface area contributed by atoms with Crippen molar-refractivity contribution in [2.24, 2.45) is 5.92 Å². The molecule has 1 aromatic carbocycles. The van der Waals surface area contributed by atoms with E-state index in [9.17, 15) is 9.90 Å². The monoisotopic (exact) mass is 476 g/mol. The summed E-state index contributed by atoms with van der Waals surface area (Å²) in [6.07, 6.45) is 1.69. The Balaban J connectivity index is 1.63. The van der Waals surface area contributed by atoms with Gasteiger partial charge in [0.1, 0.15) is 0 Å². The molecule has 2 atom stereocenters. The summed E-state index contributed by atoms with van der Waals surface area (Å²) in [6, 6.07) is 1.57. The van der Waals surface area contributed by atoms with E-state index in [1.54, 1.807) is 6.07 Å². The molecule has 0 aliphatic carbocycles. The lowest BCUT2D eigenvalue weighted by molar-refractivity contribution is 0.0201. The Kier molecular flexibility index (Phi) is 7.82. The lowest BCUT2D eigenvalue weighted by Crippen LogP contribution is -2.47. The van der Waals surface area contributed by atoms with Gasteiger partial charge in [0.05, 0.1) is 34.4 Å². The molecule has 2 aliphatic rings. The van der Waals surface area contributed by atoms with E-state index in [1.807, 2.05) is 0 Å². The number of ether oxygens (including phenoxy) is 2. The number of benzene rings is 1. The highest BCUT2D eigenvalue weighted by molar-refractivity contribution is 9.10. The number of nitrogens with one attached hydrogen (secondary N) is 1. The van der Waals surface area contributed by atoms with Crippen LogP contribution < -0.4 is 14.8 Å². The molecular formula is C19H26BrClN2O5.